The number of amides is 1. The molecule has 1 saturated heterocycles. The van der Waals surface area contributed by atoms with Gasteiger partial charge in [0.25, 0.3) is 0 Å². The standard InChI is InChI=1S/C21H28F3N7OS/c1-11(32)31(5)12-6-14(21(22,23)24)17(26-8-12)27-19-28-18(29-33-19)15-7-13-16(9-25-15)30(4)10-20(13,2)3/h7,9,12,14,17,26H,6,8,10H2,1-5H3,(H,27,28,29). The number of aromatic nitrogens is 3. The molecule has 2 aromatic heterocycles. The van der Waals surface area contributed by atoms with E-state index in [-0.39, 0.29) is 29.4 Å². The predicted molar refractivity (Wildman–Crippen MR) is 121 cm³/mol. The maximum atomic E-state index is 13.8. The molecule has 4 heterocycles. The topological polar surface area (TPSA) is 86.3 Å². The quantitative estimate of drug-likeness (QED) is 0.691. The second kappa shape index (κ2) is 8.39. The van der Waals surface area contributed by atoms with Gasteiger partial charge in [-0.25, -0.2) is 0 Å². The molecular weight excluding hydrogens is 455 g/mol. The van der Waals surface area contributed by atoms with Gasteiger partial charge in [0.1, 0.15) is 5.69 Å². The van der Waals surface area contributed by atoms with Gasteiger partial charge in [-0.05, 0) is 18.1 Å². The van der Waals surface area contributed by atoms with Crippen molar-refractivity contribution in [3.05, 3.63) is 17.8 Å². The van der Waals surface area contributed by atoms with Crippen LogP contribution in [0, 0.1) is 5.92 Å². The predicted octanol–water partition coefficient (Wildman–Crippen LogP) is 3.08. The first kappa shape index (κ1) is 23.7. The summed E-state index contributed by atoms with van der Waals surface area (Å²) in [7, 11) is 3.54. The molecule has 4 rings (SSSR count). The van der Waals surface area contributed by atoms with Gasteiger partial charge in [-0.2, -0.15) is 22.5 Å². The van der Waals surface area contributed by atoms with E-state index in [1.807, 2.05) is 13.1 Å². The van der Waals surface area contributed by atoms with Crippen molar-refractivity contribution >= 4 is 28.3 Å². The van der Waals surface area contributed by atoms with Gasteiger partial charge < -0.3 is 15.1 Å². The number of halogens is 3. The van der Waals surface area contributed by atoms with E-state index in [2.05, 4.69) is 43.7 Å². The Morgan fingerprint density at radius 3 is 2.79 bits per heavy atom. The Hall–Kier alpha value is -2.47. The van der Waals surface area contributed by atoms with E-state index < -0.39 is 24.3 Å². The summed E-state index contributed by atoms with van der Waals surface area (Å²) in [4.78, 5) is 24.0. The van der Waals surface area contributed by atoms with Crippen molar-refractivity contribution in [2.75, 3.05) is 37.4 Å². The minimum atomic E-state index is -4.44. The zero-order valence-electron chi connectivity index (χ0n) is 19.2. The highest BCUT2D eigenvalue weighted by atomic mass is 32.1. The summed E-state index contributed by atoms with van der Waals surface area (Å²) in [5, 5.41) is 6.05. The Morgan fingerprint density at radius 1 is 1.39 bits per heavy atom. The van der Waals surface area contributed by atoms with E-state index in [1.165, 1.54) is 18.9 Å². The molecule has 0 spiro atoms. The Bertz CT molecular complexity index is 1040. The van der Waals surface area contributed by atoms with Gasteiger partial charge >= 0.3 is 6.18 Å². The van der Waals surface area contributed by atoms with Crippen LogP contribution in [0.15, 0.2) is 12.3 Å². The summed E-state index contributed by atoms with van der Waals surface area (Å²) in [5.41, 5.74) is 2.75. The second-order valence-electron chi connectivity index (χ2n) is 9.45. The van der Waals surface area contributed by atoms with Gasteiger partial charge in [0.05, 0.1) is 24.0 Å². The second-order valence-corrected chi connectivity index (χ2v) is 10.2. The number of carbonyl (C=O) groups excluding carboxylic acids is 1. The highest BCUT2D eigenvalue weighted by Gasteiger charge is 2.49. The third-order valence-corrected chi connectivity index (χ3v) is 7.20. The number of alkyl halides is 3. The molecule has 12 heteroatoms. The lowest BCUT2D eigenvalue weighted by Crippen LogP contribution is -2.59. The first-order valence-corrected chi connectivity index (χ1v) is 11.5. The van der Waals surface area contributed by atoms with Crippen LogP contribution in [-0.4, -0.2) is 70.7 Å². The number of hydrogen-bond acceptors (Lipinski definition) is 8. The number of likely N-dealkylation sites (N-methyl/N-ethyl adjacent to an activating group) is 2. The maximum Gasteiger partial charge on any atom is 0.395 e. The van der Waals surface area contributed by atoms with Gasteiger partial charge in [0.2, 0.25) is 11.0 Å². The Kier molecular flexibility index (Phi) is 6.02. The first-order valence-electron chi connectivity index (χ1n) is 10.7. The molecule has 1 fully saturated rings. The molecule has 3 unspecified atom stereocenters. The van der Waals surface area contributed by atoms with Crippen LogP contribution in [0.25, 0.3) is 11.5 Å². The number of carbonyl (C=O) groups is 1. The number of anilines is 2. The van der Waals surface area contributed by atoms with Crippen LogP contribution in [0.1, 0.15) is 32.8 Å². The summed E-state index contributed by atoms with van der Waals surface area (Å²) in [6, 6.07) is 1.43. The fourth-order valence-corrected chi connectivity index (χ4v) is 5.26. The van der Waals surface area contributed by atoms with E-state index in [0.717, 1.165) is 29.3 Å². The van der Waals surface area contributed by atoms with Crippen molar-refractivity contribution < 1.29 is 18.0 Å². The van der Waals surface area contributed by atoms with Crippen molar-refractivity contribution in [3.8, 4) is 11.5 Å². The molecule has 1 amide bonds. The molecule has 33 heavy (non-hydrogen) atoms. The Balaban J connectivity index is 1.52. The monoisotopic (exact) mass is 483 g/mol. The first-order chi connectivity index (χ1) is 15.4. The number of rotatable bonds is 4. The molecule has 2 N–H and O–H groups in total. The molecule has 0 saturated carbocycles. The lowest BCUT2D eigenvalue weighted by atomic mass is 9.87. The van der Waals surface area contributed by atoms with Gasteiger partial charge in [0.15, 0.2) is 5.82 Å². The number of fused-ring (bicyclic) bond motifs is 1. The van der Waals surface area contributed by atoms with Crippen LogP contribution in [-0.2, 0) is 10.2 Å². The number of piperidine rings is 1. The third kappa shape index (κ3) is 4.63. The SMILES string of the molecule is CC(=O)N(C)C1CNC(Nc2nc(-c3cc4c(cn3)N(C)CC4(C)C)ns2)C(C(F)(F)F)C1. The van der Waals surface area contributed by atoms with Gasteiger partial charge in [-0.15, -0.1) is 0 Å². The van der Waals surface area contributed by atoms with Crippen molar-refractivity contribution in [1.82, 2.24) is 24.6 Å². The minimum Gasteiger partial charge on any atom is -0.372 e. The number of nitrogens with zero attached hydrogens (tertiary/aromatic N) is 5. The van der Waals surface area contributed by atoms with Crippen LogP contribution < -0.4 is 15.5 Å². The smallest absolute Gasteiger partial charge is 0.372 e. The molecule has 8 nitrogen and oxygen atoms in total. The zero-order chi connectivity index (χ0) is 24.1. The van der Waals surface area contributed by atoms with Crippen molar-refractivity contribution in [2.24, 2.45) is 5.92 Å². The number of pyridine rings is 1. The fraction of sp³-hybridized carbons (Fsp3) is 0.619. The third-order valence-electron chi connectivity index (χ3n) is 6.56. The molecule has 3 atom stereocenters. The average molecular weight is 484 g/mol. The minimum absolute atomic E-state index is 0.0472. The molecule has 2 aliphatic rings. The van der Waals surface area contributed by atoms with E-state index in [4.69, 9.17) is 0 Å². The van der Waals surface area contributed by atoms with E-state index in [0.29, 0.717) is 11.5 Å². The Morgan fingerprint density at radius 2 is 2.12 bits per heavy atom. The van der Waals surface area contributed by atoms with E-state index in [1.54, 1.807) is 6.20 Å². The lowest BCUT2D eigenvalue weighted by Gasteiger charge is -2.41. The summed E-state index contributed by atoms with van der Waals surface area (Å²) >= 11 is 1.00. The highest BCUT2D eigenvalue weighted by Crippen LogP contribution is 2.41. The van der Waals surface area contributed by atoms with Crippen LogP contribution in [0.2, 0.25) is 0 Å². The lowest BCUT2D eigenvalue weighted by molar-refractivity contribution is -0.191. The zero-order valence-corrected chi connectivity index (χ0v) is 20.0. The molecule has 0 radical (unpaired) electrons. The van der Waals surface area contributed by atoms with Crippen LogP contribution in [0.3, 0.4) is 0 Å². The van der Waals surface area contributed by atoms with Gasteiger partial charge in [-0.1, -0.05) is 13.8 Å². The molecule has 0 bridgehead atoms. The number of hydrogen-bond donors (Lipinski definition) is 2. The van der Waals surface area contributed by atoms with E-state index in [9.17, 15) is 18.0 Å². The summed E-state index contributed by atoms with van der Waals surface area (Å²) in [6.07, 6.45) is -3.90. The highest BCUT2D eigenvalue weighted by molar-refractivity contribution is 7.09. The fourth-order valence-electron chi connectivity index (χ4n) is 4.64. The van der Waals surface area contributed by atoms with Gasteiger partial charge in [-0.3, -0.25) is 15.1 Å². The largest absolute Gasteiger partial charge is 0.395 e. The summed E-state index contributed by atoms with van der Waals surface area (Å²) in [6.45, 7) is 6.78. The maximum absolute atomic E-state index is 13.8. The molecule has 0 aliphatic carbocycles. The Labute approximate surface area is 194 Å². The molecule has 0 aromatic carbocycles. The summed E-state index contributed by atoms with van der Waals surface area (Å²) < 4.78 is 45.7. The van der Waals surface area contributed by atoms with Crippen molar-refractivity contribution in [3.63, 3.8) is 0 Å². The number of nitrogens with one attached hydrogen (secondary N) is 2. The average Bonchev–Trinajstić information content (AvgIpc) is 3.28. The van der Waals surface area contributed by atoms with Crippen LogP contribution >= 0.6 is 11.5 Å². The summed E-state index contributed by atoms with van der Waals surface area (Å²) in [5.74, 6) is -1.57. The van der Waals surface area contributed by atoms with Crippen molar-refractivity contribution in [2.45, 2.75) is 51.0 Å². The van der Waals surface area contributed by atoms with Crippen LogP contribution in [0.4, 0.5) is 24.0 Å². The molecule has 2 aliphatic heterocycles. The van der Waals surface area contributed by atoms with Gasteiger partial charge in [0, 0.05) is 57.1 Å². The van der Waals surface area contributed by atoms with E-state index >= 15 is 0 Å². The molecular formula is C21H28F3N7OS. The molecule has 2 aromatic rings. The van der Waals surface area contributed by atoms with Crippen molar-refractivity contribution in [1.29, 1.82) is 0 Å². The normalized spacial score (nSPS) is 24.5. The van der Waals surface area contributed by atoms with Crippen LogP contribution in [0.5, 0.6) is 0 Å². The molecule has 180 valence electrons.